The Hall–Kier alpha value is -0.830. The molecule has 124 valence electrons. The second kappa shape index (κ2) is 5.99. The van der Waals surface area contributed by atoms with Crippen LogP contribution >= 0.6 is 0 Å². The summed E-state index contributed by atoms with van der Waals surface area (Å²) in [5.41, 5.74) is 1.73. The van der Waals surface area contributed by atoms with Crippen LogP contribution in [0.25, 0.3) is 0 Å². The van der Waals surface area contributed by atoms with E-state index in [0.717, 1.165) is 32.5 Å². The van der Waals surface area contributed by atoms with Gasteiger partial charge in [0.25, 0.3) is 0 Å². The summed E-state index contributed by atoms with van der Waals surface area (Å²) in [7, 11) is 0. The summed E-state index contributed by atoms with van der Waals surface area (Å²) < 4.78 is 5.82. The number of carbonyl (C=O) groups is 1. The number of rotatable bonds is 4. The lowest BCUT2D eigenvalue weighted by Crippen LogP contribution is -2.45. The van der Waals surface area contributed by atoms with Gasteiger partial charge in [0, 0.05) is 12.5 Å². The molecule has 0 aromatic rings. The van der Waals surface area contributed by atoms with Gasteiger partial charge in [-0.1, -0.05) is 32.9 Å². The predicted octanol–water partition coefficient (Wildman–Crippen LogP) is 3.64. The Bertz CT molecular complexity index is 456. The summed E-state index contributed by atoms with van der Waals surface area (Å²) >= 11 is 0. The number of hydrogen-bond donors (Lipinski definition) is 0. The highest BCUT2D eigenvalue weighted by molar-refractivity contribution is 5.75. The molecule has 0 amide bonds. The van der Waals surface area contributed by atoms with Crippen LogP contribution in [-0.2, 0) is 9.53 Å². The predicted molar refractivity (Wildman–Crippen MR) is 88.5 cm³/mol. The van der Waals surface area contributed by atoms with Crippen molar-refractivity contribution in [1.82, 2.24) is 4.90 Å². The van der Waals surface area contributed by atoms with E-state index in [2.05, 4.69) is 32.3 Å². The Morgan fingerprint density at radius 3 is 2.77 bits per heavy atom. The molecule has 0 radical (unpaired) electrons. The van der Waals surface area contributed by atoms with E-state index in [-0.39, 0.29) is 18.0 Å². The van der Waals surface area contributed by atoms with Crippen molar-refractivity contribution in [3.05, 3.63) is 12.2 Å². The molecular weight excluding hydrogens is 274 g/mol. The highest BCUT2D eigenvalue weighted by Gasteiger charge is 2.55. The van der Waals surface area contributed by atoms with Gasteiger partial charge in [0.05, 0.1) is 5.92 Å². The first-order valence-corrected chi connectivity index (χ1v) is 9.09. The summed E-state index contributed by atoms with van der Waals surface area (Å²) in [6, 6.07) is 0. The van der Waals surface area contributed by atoms with Crippen molar-refractivity contribution in [3.63, 3.8) is 0 Å². The molecule has 0 N–H and O–H groups in total. The van der Waals surface area contributed by atoms with Crippen molar-refractivity contribution in [2.45, 2.75) is 59.0 Å². The molecule has 1 saturated heterocycles. The van der Waals surface area contributed by atoms with E-state index < -0.39 is 0 Å². The number of allylic oxidation sites excluding steroid dienone is 1. The van der Waals surface area contributed by atoms with E-state index in [1.54, 1.807) is 0 Å². The van der Waals surface area contributed by atoms with Crippen LogP contribution in [0.15, 0.2) is 12.2 Å². The monoisotopic (exact) mass is 305 g/mol. The summed E-state index contributed by atoms with van der Waals surface area (Å²) in [6.45, 7) is 14.0. The lowest BCUT2D eigenvalue weighted by molar-refractivity contribution is -0.146. The molecule has 3 fully saturated rings. The van der Waals surface area contributed by atoms with E-state index in [1.807, 2.05) is 0 Å². The molecule has 3 nitrogen and oxygen atoms in total. The lowest BCUT2D eigenvalue weighted by Gasteiger charge is -2.50. The Morgan fingerprint density at radius 1 is 1.36 bits per heavy atom. The normalized spacial score (nSPS) is 41.3. The highest BCUT2D eigenvalue weighted by atomic mass is 16.6. The summed E-state index contributed by atoms with van der Waals surface area (Å²) in [5, 5.41) is 0. The zero-order chi connectivity index (χ0) is 15.9. The van der Waals surface area contributed by atoms with Crippen LogP contribution in [0.3, 0.4) is 0 Å². The number of esters is 1. The van der Waals surface area contributed by atoms with Gasteiger partial charge in [0.15, 0.2) is 0 Å². The Labute approximate surface area is 135 Å². The molecule has 1 heterocycles. The molecular formula is C19H31NO2. The molecule has 3 aliphatic rings. The maximum Gasteiger partial charge on any atom is 0.310 e. The van der Waals surface area contributed by atoms with Gasteiger partial charge in [0.2, 0.25) is 0 Å². The number of nitrogens with zero attached hydrogens (tertiary/aromatic N) is 1. The number of carbonyl (C=O) groups excluding carboxylic acids is 1. The lowest BCUT2D eigenvalue weighted by atomic mass is 9.55. The largest absolute Gasteiger partial charge is 0.462 e. The zero-order valence-corrected chi connectivity index (χ0v) is 14.4. The third kappa shape index (κ3) is 2.62. The Kier molecular flexibility index (Phi) is 4.37. The SMILES string of the molecule is C=C1CCCC2(C)CC3OC(=O)[C@@H](CN(CC)CC)C3C[C@@H]12. The second-order valence-electron chi connectivity index (χ2n) is 7.89. The van der Waals surface area contributed by atoms with E-state index >= 15 is 0 Å². The van der Waals surface area contributed by atoms with Crippen LogP contribution < -0.4 is 0 Å². The minimum absolute atomic E-state index is 0.0507. The molecule has 2 aliphatic carbocycles. The first-order chi connectivity index (χ1) is 10.5. The number of ether oxygens (including phenoxy) is 1. The smallest absolute Gasteiger partial charge is 0.310 e. The van der Waals surface area contributed by atoms with Crippen molar-refractivity contribution >= 4 is 5.97 Å². The molecule has 0 aromatic heterocycles. The van der Waals surface area contributed by atoms with Gasteiger partial charge in [-0.2, -0.15) is 0 Å². The zero-order valence-electron chi connectivity index (χ0n) is 14.4. The van der Waals surface area contributed by atoms with Gasteiger partial charge in [-0.3, -0.25) is 4.79 Å². The fourth-order valence-corrected chi connectivity index (χ4v) is 5.22. The van der Waals surface area contributed by atoms with Crippen LogP contribution in [-0.4, -0.2) is 36.6 Å². The highest BCUT2D eigenvalue weighted by Crippen LogP contribution is 2.56. The average molecular weight is 305 g/mol. The molecule has 3 heteroatoms. The number of hydrogen-bond acceptors (Lipinski definition) is 3. The van der Waals surface area contributed by atoms with Crippen LogP contribution in [0.2, 0.25) is 0 Å². The van der Waals surface area contributed by atoms with Gasteiger partial charge < -0.3 is 9.64 Å². The number of fused-ring (bicyclic) bond motifs is 2. The van der Waals surface area contributed by atoms with Crippen molar-refractivity contribution < 1.29 is 9.53 Å². The standard InChI is InChI=1S/C19H31NO2/c1-5-20(6-2)12-15-14-10-16-13(3)8-7-9-19(16,4)11-17(14)22-18(15)21/h14-17H,3,5-12H2,1-2,4H3/t14?,15-,16-,17?,19?/m0/s1. The van der Waals surface area contributed by atoms with E-state index in [9.17, 15) is 4.79 Å². The average Bonchev–Trinajstić information content (AvgIpc) is 2.77. The Balaban J connectivity index is 1.78. The van der Waals surface area contributed by atoms with Crippen LogP contribution in [0.1, 0.15) is 52.9 Å². The van der Waals surface area contributed by atoms with E-state index in [4.69, 9.17) is 4.74 Å². The molecule has 3 unspecified atom stereocenters. The maximum absolute atomic E-state index is 12.4. The fraction of sp³-hybridized carbons (Fsp3) is 0.842. The summed E-state index contributed by atoms with van der Waals surface area (Å²) in [5.74, 6) is 1.12. The van der Waals surface area contributed by atoms with Crippen molar-refractivity contribution in [3.8, 4) is 0 Å². The van der Waals surface area contributed by atoms with Gasteiger partial charge in [-0.25, -0.2) is 0 Å². The molecule has 0 spiro atoms. The third-order valence-electron chi connectivity index (χ3n) is 6.67. The van der Waals surface area contributed by atoms with Gasteiger partial charge in [-0.15, -0.1) is 0 Å². The van der Waals surface area contributed by atoms with Crippen LogP contribution in [0.5, 0.6) is 0 Å². The van der Waals surface area contributed by atoms with Gasteiger partial charge >= 0.3 is 5.97 Å². The molecule has 2 saturated carbocycles. The maximum atomic E-state index is 12.4. The van der Waals surface area contributed by atoms with Gasteiger partial charge in [-0.05, 0) is 56.5 Å². The van der Waals surface area contributed by atoms with Crippen LogP contribution in [0, 0.1) is 23.2 Å². The first-order valence-electron chi connectivity index (χ1n) is 9.09. The molecule has 22 heavy (non-hydrogen) atoms. The van der Waals surface area contributed by atoms with E-state index in [0.29, 0.717) is 17.3 Å². The van der Waals surface area contributed by atoms with E-state index in [1.165, 1.54) is 24.8 Å². The summed E-state index contributed by atoms with van der Waals surface area (Å²) in [4.78, 5) is 14.8. The second-order valence-corrected chi connectivity index (χ2v) is 7.89. The minimum atomic E-state index is 0.0507. The molecule has 0 bridgehead atoms. The first kappa shape index (κ1) is 16.0. The van der Waals surface area contributed by atoms with Crippen molar-refractivity contribution in [2.24, 2.45) is 23.2 Å². The third-order valence-corrected chi connectivity index (χ3v) is 6.67. The van der Waals surface area contributed by atoms with Crippen molar-refractivity contribution in [2.75, 3.05) is 19.6 Å². The van der Waals surface area contributed by atoms with Gasteiger partial charge in [0.1, 0.15) is 6.10 Å². The minimum Gasteiger partial charge on any atom is -0.462 e. The topological polar surface area (TPSA) is 29.5 Å². The molecule has 3 rings (SSSR count). The molecule has 1 aliphatic heterocycles. The molecule has 5 atom stereocenters. The quantitative estimate of drug-likeness (QED) is 0.586. The fourth-order valence-electron chi connectivity index (χ4n) is 5.22. The Morgan fingerprint density at radius 2 is 2.09 bits per heavy atom. The van der Waals surface area contributed by atoms with Crippen LogP contribution in [0.4, 0.5) is 0 Å². The molecule has 0 aromatic carbocycles. The summed E-state index contributed by atoms with van der Waals surface area (Å²) in [6.07, 6.45) is 5.99. The van der Waals surface area contributed by atoms with Crippen molar-refractivity contribution in [1.29, 1.82) is 0 Å².